The number of benzene rings is 1. The number of rotatable bonds is 3. The van der Waals surface area contributed by atoms with Gasteiger partial charge in [-0.15, -0.1) is 0 Å². The third-order valence-electron chi connectivity index (χ3n) is 4.01. The third kappa shape index (κ3) is 3.55. The highest BCUT2D eigenvalue weighted by molar-refractivity contribution is 5.98. The number of aromatic nitrogens is 2. The highest BCUT2D eigenvalue weighted by Crippen LogP contribution is 2.23. The number of anilines is 1. The number of hydrogen-bond donors (Lipinski definition) is 2. The molecule has 1 aromatic carbocycles. The number of aryl methyl sites for hydroxylation is 1. The zero-order valence-corrected chi connectivity index (χ0v) is 13.1. The van der Waals surface area contributed by atoms with Gasteiger partial charge in [-0.1, -0.05) is 12.1 Å². The lowest BCUT2D eigenvalue weighted by Gasteiger charge is -2.31. The third-order valence-corrected chi connectivity index (χ3v) is 4.01. The van der Waals surface area contributed by atoms with Crippen LogP contribution in [0.3, 0.4) is 0 Å². The largest absolute Gasteiger partial charge is 0.381 e. The highest BCUT2D eigenvalue weighted by Gasteiger charge is 2.35. The van der Waals surface area contributed by atoms with Gasteiger partial charge >= 0.3 is 0 Å². The van der Waals surface area contributed by atoms with Crippen molar-refractivity contribution < 1.29 is 9.53 Å². The van der Waals surface area contributed by atoms with E-state index in [4.69, 9.17) is 10.5 Å². The van der Waals surface area contributed by atoms with Gasteiger partial charge in [0.05, 0.1) is 0 Å². The molecule has 1 aromatic heterocycles. The summed E-state index contributed by atoms with van der Waals surface area (Å²) in [5, 5.41) is 2.90. The summed E-state index contributed by atoms with van der Waals surface area (Å²) >= 11 is 0. The van der Waals surface area contributed by atoms with E-state index in [9.17, 15) is 4.79 Å². The molecule has 1 saturated heterocycles. The van der Waals surface area contributed by atoms with Gasteiger partial charge in [0.1, 0.15) is 5.54 Å². The lowest BCUT2D eigenvalue weighted by atomic mass is 9.90. The summed E-state index contributed by atoms with van der Waals surface area (Å²) in [6.07, 6.45) is 2.78. The van der Waals surface area contributed by atoms with Crippen molar-refractivity contribution in [2.45, 2.75) is 25.3 Å². The zero-order chi connectivity index (χ0) is 16.3. The SMILES string of the molecule is Cc1ccnc(-c2cccc(NC(=O)C3(N)CCOCC3)c2)n1. The van der Waals surface area contributed by atoms with Gasteiger partial charge in [-0.25, -0.2) is 9.97 Å². The maximum atomic E-state index is 12.5. The Bertz CT molecular complexity index is 711. The molecular formula is C17H20N4O2. The van der Waals surface area contributed by atoms with Crippen LogP contribution < -0.4 is 11.1 Å². The Hall–Kier alpha value is -2.31. The molecule has 3 N–H and O–H groups in total. The van der Waals surface area contributed by atoms with Crippen molar-refractivity contribution >= 4 is 11.6 Å². The van der Waals surface area contributed by atoms with Crippen molar-refractivity contribution in [3.63, 3.8) is 0 Å². The molecule has 3 rings (SSSR count). The van der Waals surface area contributed by atoms with Crippen LogP contribution in [0.2, 0.25) is 0 Å². The Labute approximate surface area is 135 Å². The predicted octanol–water partition coefficient (Wildman–Crippen LogP) is 1.90. The molecule has 6 heteroatoms. The van der Waals surface area contributed by atoms with E-state index in [-0.39, 0.29) is 5.91 Å². The minimum Gasteiger partial charge on any atom is -0.381 e. The molecular weight excluding hydrogens is 292 g/mol. The number of nitrogens with zero attached hydrogens (tertiary/aromatic N) is 2. The normalized spacial score (nSPS) is 16.8. The zero-order valence-electron chi connectivity index (χ0n) is 13.1. The van der Waals surface area contributed by atoms with E-state index < -0.39 is 5.54 Å². The lowest BCUT2D eigenvalue weighted by Crippen LogP contribution is -2.54. The average molecular weight is 312 g/mol. The molecule has 0 aliphatic carbocycles. The van der Waals surface area contributed by atoms with E-state index in [2.05, 4.69) is 15.3 Å². The smallest absolute Gasteiger partial charge is 0.244 e. The quantitative estimate of drug-likeness (QED) is 0.903. The lowest BCUT2D eigenvalue weighted by molar-refractivity contribution is -0.124. The van der Waals surface area contributed by atoms with Crippen LogP contribution in [-0.4, -0.2) is 34.6 Å². The van der Waals surface area contributed by atoms with Crippen molar-refractivity contribution in [2.24, 2.45) is 5.73 Å². The minimum atomic E-state index is -0.867. The van der Waals surface area contributed by atoms with E-state index in [1.165, 1.54) is 0 Å². The van der Waals surface area contributed by atoms with Crippen molar-refractivity contribution in [1.82, 2.24) is 9.97 Å². The molecule has 0 atom stereocenters. The second-order valence-electron chi connectivity index (χ2n) is 5.83. The van der Waals surface area contributed by atoms with Crippen LogP contribution in [0.4, 0.5) is 5.69 Å². The van der Waals surface area contributed by atoms with Crippen LogP contribution in [0, 0.1) is 6.92 Å². The first-order valence-electron chi connectivity index (χ1n) is 7.65. The van der Waals surface area contributed by atoms with Crippen LogP contribution in [-0.2, 0) is 9.53 Å². The summed E-state index contributed by atoms with van der Waals surface area (Å²) in [6, 6.07) is 9.31. The van der Waals surface area contributed by atoms with E-state index in [1.54, 1.807) is 6.20 Å². The Balaban J connectivity index is 1.79. The topological polar surface area (TPSA) is 90.1 Å². The molecule has 1 amide bonds. The van der Waals surface area contributed by atoms with E-state index in [0.29, 0.717) is 37.6 Å². The molecule has 2 aromatic rings. The average Bonchev–Trinajstić information content (AvgIpc) is 2.56. The number of hydrogen-bond acceptors (Lipinski definition) is 5. The molecule has 23 heavy (non-hydrogen) atoms. The number of ether oxygens (including phenoxy) is 1. The molecule has 0 unspecified atom stereocenters. The van der Waals surface area contributed by atoms with Gasteiger partial charge in [0.25, 0.3) is 0 Å². The first-order chi connectivity index (χ1) is 11.1. The van der Waals surface area contributed by atoms with Crippen LogP contribution in [0.15, 0.2) is 36.5 Å². The number of nitrogens with one attached hydrogen (secondary N) is 1. The molecule has 1 aliphatic rings. The fourth-order valence-corrected chi connectivity index (χ4v) is 2.54. The summed E-state index contributed by atoms with van der Waals surface area (Å²) in [6.45, 7) is 2.95. The maximum absolute atomic E-state index is 12.5. The first-order valence-corrected chi connectivity index (χ1v) is 7.65. The molecule has 0 bridgehead atoms. The standard InChI is InChI=1S/C17H20N4O2/c1-12-5-8-19-15(20-12)13-3-2-4-14(11-13)21-16(22)17(18)6-9-23-10-7-17/h2-5,8,11H,6-7,9-10,18H2,1H3,(H,21,22). The van der Waals surface area contributed by atoms with E-state index in [1.807, 2.05) is 37.3 Å². The van der Waals surface area contributed by atoms with Gasteiger partial charge in [-0.2, -0.15) is 0 Å². The summed E-state index contributed by atoms with van der Waals surface area (Å²) in [4.78, 5) is 21.1. The highest BCUT2D eigenvalue weighted by atomic mass is 16.5. The molecule has 1 fully saturated rings. The van der Waals surface area contributed by atoms with Crippen LogP contribution in [0.25, 0.3) is 11.4 Å². The van der Waals surface area contributed by atoms with Gasteiger partial charge in [0, 0.05) is 36.4 Å². The van der Waals surface area contributed by atoms with Crippen LogP contribution in [0.1, 0.15) is 18.5 Å². The van der Waals surface area contributed by atoms with Gasteiger partial charge in [0.2, 0.25) is 5.91 Å². The van der Waals surface area contributed by atoms with Gasteiger partial charge in [0.15, 0.2) is 5.82 Å². The van der Waals surface area contributed by atoms with Crippen LogP contribution >= 0.6 is 0 Å². The first kappa shape index (κ1) is 15.6. The molecule has 120 valence electrons. The van der Waals surface area contributed by atoms with Gasteiger partial charge in [-0.3, -0.25) is 4.79 Å². The van der Waals surface area contributed by atoms with E-state index in [0.717, 1.165) is 11.3 Å². The van der Waals surface area contributed by atoms with Crippen molar-refractivity contribution in [1.29, 1.82) is 0 Å². The van der Waals surface area contributed by atoms with Crippen molar-refractivity contribution in [2.75, 3.05) is 18.5 Å². The summed E-state index contributed by atoms with van der Waals surface area (Å²) in [5.41, 5.74) is 7.77. The van der Waals surface area contributed by atoms with Crippen molar-refractivity contribution in [3.8, 4) is 11.4 Å². The Kier molecular flexibility index (Phi) is 4.36. The predicted molar refractivity (Wildman–Crippen MR) is 87.8 cm³/mol. The number of carbonyl (C=O) groups is 1. The number of nitrogens with two attached hydrogens (primary N) is 1. The summed E-state index contributed by atoms with van der Waals surface area (Å²) < 4.78 is 5.28. The van der Waals surface area contributed by atoms with Crippen molar-refractivity contribution in [3.05, 3.63) is 42.2 Å². The molecule has 1 aliphatic heterocycles. The molecule has 6 nitrogen and oxygen atoms in total. The molecule has 0 saturated carbocycles. The fraction of sp³-hybridized carbons (Fsp3) is 0.353. The maximum Gasteiger partial charge on any atom is 0.244 e. The van der Waals surface area contributed by atoms with E-state index >= 15 is 0 Å². The Morgan fingerprint density at radius 1 is 1.30 bits per heavy atom. The molecule has 2 heterocycles. The van der Waals surface area contributed by atoms with Gasteiger partial charge < -0.3 is 15.8 Å². The number of carbonyl (C=O) groups excluding carboxylic acids is 1. The van der Waals surface area contributed by atoms with Gasteiger partial charge in [-0.05, 0) is 38.0 Å². The Morgan fingerprint density at radius 3 is 2.83 bits per heavy atom. The fourth-order valence-electron chi connectivity index (χ4n) is 2.54. The molecule has 0 radical (unpaired) electrons. The summed E-state index contributed by atoms with van der Waals surface area (Å²) in [5.74, 6) is 0.456. The summed E-state index contributed by atoms with van der Waals surface area (Å²) in [7, 11) is 0. The van der Waals surface area contributed by atoms with Crippen LogP contribution in [0.5, 0.6) is 0 Å². The second kappa shape index (κ2) is 6.44. The monoisotopic (exact) mass is 312 g/mol. The number of amides is 1. The Morgan fingerprint density at radius 2 is 2.09 bits per heavy atom. The molecule has 0 spiro atoms. The minimum absolute atomic E-state index is 0.178. The second-order valence-corrected chi connectivity index (χ2v) is 5.83.